The van der Waals surface area contributed by atoms with Crippen molar-refractivity contribution in [2.75, 3.05) is 0 Å². The van der Waals surface area contributed by atoms with E-state index in [2.05, 4.69) is 147 Å². The minimum Gasteiger partial charge on any atom is -0.0622 e. The third-order valence-corrected chi connectivity index (χ3v) is 6.77. The molecular weight excluding hydrogens is 396 g/mol. The quantitative estimate of drug-likeness (QED) is 0.248. The summed E-state index contributed by atoms with van der Waals surface area (Å²) < 4.78 is 0. The van der Waals surface area contributed by atoms with E-state index < -0.39 is 0 Å². The molecule has 0 heterocycles. The number of benzene rings is 5. The lowest BCUT2D eigenvalue weighted by Crippen LogP contribution is -2.25. The van der Waals surface area contributed by atoms with Crippen molar-refractivity contribution in [2.45, 2.75) is 19.3 Å². The summed E-state index contributed by atoms with van der Waals surface area (Å²) >= 11 is 0. The summed E-state index contributed by atoms with van der Waals surface area (Å²) in [5.41, 5.74) is 9.88. The van der Waals surface area contributed by atoms with Crippen LogP contribution in [0.3, 0.4) is 0 Å². The van der Waals surface area contributed by atoms with E-state index in [1.54, 1.807) is 0 Å². The summed E-state index contributed by atoms with van der Waals surface area (Å²) in [5.74, 6) is 0. The molecule has 0 aliphatic heterocycles. The SMILES string of the molecule is Cc1ccc(-c2ccc(C(C)(c3ccccc3)c3ccc(-c4ccccc4)cc3)cc2)cc1. The average molecular weight is 425 g/mol. The molecule has 0 nitrogen and oxygen atoms in total. The van der Waals surface area contributed by atoms with E-state index in [0.717, 1.165) is 0 Å². The minimum atomic E-state index is -0.248. The largest absolute Gasteiger partial charge is 0.0622 e. The first-order valence-electron chi connectivity index (χ1n) is 11.5. The van der Waals surface area contributed by atoms with Crippen LogP contribution in [0.4, 0.5) is 0 Å². The van der Waals surface area contributed by atoms with Gasteiger partial charge in [0.1, 0.15) is 0 Å². The molecule has 160 valence electrons. The fraction of sp³-hybridized carbons (Fsp3) is 0.0909. The molecule has 0 saturated carbocycles. The topological polar surface area (TPSA) is 0 Å². The van der Waals surface area contributed by atoms with Crippen LogP contribution >= 0.6 is 0 Å². The van der Waals surface area contributed by atoms with E-state index in [9.17, 15) is 0 Å². The Morgan fingerprint density at radius 2 is 0.697 bits per heavy atom. The Labute approximate surface area is 197 Å². The van der Waals surface area contributed by atoms with Crippen molar-refractivity contribution >= 4 is 0 Å². The maximum absolute atomic E-state index is 2.33. The van der Waals surface area contributed by atoms with E-state index in [4.69, 9.17) is 0 Å². The van der Waals surface area contributed by atoms with Gasteiger partial charge in [0, 0.05) is 5.41 Å². The highest BCUT2D eigenvalue weighted by atomic mass is 14.3. The van der Waals surface area contributed by atoms with Crippen molar-refractivity contribution < 1.29 is 0 Å². The Bertz CT molecular complexity index is 1310. The molecule has 33 heavy (non-hydrogen) atoms. The molecule has 0 aliphatic rings. The highest BCUT2D eigenvalue weighted by Gasteiger charge is 2.31. The second-order valence-corrected chi connectivity index (χ2v) is 8.88. The normalized spacial score (nSPS) is 12.8. The molecule has 0 N–H and O–H groups in total. The molecule has 0 fully saturated rings. The van der Waals surface area contributed by atoms with E-state index in [-0.39, 0.29) is 5.41 Å². The Hall–Kier alpha value is -3.90. The summed E-state index contributed by atoms with van der Waals surface area (Å²) in [4.78, 5) is 0. The summed E-state index contributed by atoms with van der Waals surface area (Å²) in [7, 11) is 0. The van der Waals surface area contributed by atoms with Crippen LogP contribution in [-0.2, 0) is 5.41 Å². The zero-order valence-electron chi connectivity index (χ0n) is 19.2. The van der Waals surface area contributed by atoms with Gasteiger partial charge in [-0.1, -0.05) is 139 Å². The van der Waals surface area contributed by atoms with Gasteiger partial charge in [0.2, 0.25) is 0 Å². The molecule has 0 saturated heterocycles. The number of hydrogen-bond acceptors (Lipinski definition) is 0. The van der Waals surface area contributed by atoms with Crippen LogP contribution in [0.1, 0.15) is 29.2 Å². The van der Waals surface area contributed by atoms with Crippen LogP contribution in [0.25, 0.3) is 22.3 Å². The van der Waals surface area contributed by atoms with Gasteiger partial charge in [-0.15, -0.1) is 0 Å². The third-order valence-electron chi connectivity index (χ3n) is 6.77. The fourth-order valence-corrected chi connectivity index (χ4v) is 4.64. The number of rotatable bonds is 5. The molecule has 0 bridgehead atoms. The Morgan fingerprint density at radius 1 is 0.364 bits per heavy atom. The van der Waals surface area contributed by atoms with Gasteiger partial charge >= 0.3 is 0 Å². The van der Waals surface area contributed by atoms with Crippen LogP contribution in [0.15, 0.2) is 133 Å². The zero-order valence-corrected chi connectivity index (χ0v) is 19.2. The lowest BCUT2D eigenvalue weighted by molar-refractivity contribution is 0.693. The van der Waals surface area contributed by atoms with Gasteiger partial charge in [0.15, 0.2) is 0 Å². The summed E-state index contributed by atoms with van der Waals surface area (Å²) in [6.07, 6.45) is 0. The van der Waals surface area contributed by atoms with Crippen LogP contribution in [-0.4, -0.2) is 0 Å². The first kappa shape index (κ1) is 21.0. The van der Waals surface area contributed by atoms with Crippen LogP contribution in [0.5, 0.6) is 0 Å². The van der Waals surface area contributed by atoms with Crippen molar-refractivity contribution in [3.05, 3.63) is 156 Å². The molecule has 0 heteroatoms. The third kappa shape index (κ3) is 4.13. The maximum Gasteiger partial charge on any atom is 0.0423 e. The van der Waals surface area contributed by atoms with Gasteiger partial charge in [0.25, 0.3) is 0 Å². The first-order valence-corrected chi connectivity index (χ1v) is 11.5. The first-order chi connectivity index (χ1) is 16.1. The molecule has 1 atom stereocenters. The molecular formula is C33H28. The Balaban J connectivity index is 1.57. The molecule has 5 aromatic carbocycles. The highest BCUT2D eigenvalue weighted by molar-refractivity contribution is 5.67. The van der Waals surface area contributed by atoms with Gasteiger partial charge < -0.3 is 0 Å². The second kappa shape index (κ2) is 8.92. The van der Waals surface area contributed by atoms with Crippen molar-refractivity contribution in [2.24, 2.45) is 0 Å². The molecule has 0 aliphatic carbocycles. The lowest BCUT2D eigenvalue weighted by atomic mass is 9.70. The van der Waals surface area contributed by atoms with Gasteiger partial charge in [-0.25, -0.2) is 0 Å². The van der Waals surface area contributed by atoms with Crippen molar-refractivity contribution in [3.63, 3.8) is 0 Å². The fourth-order valence-electron chi connectivity index (χ4n) is 4.64. The lowest BCUT2D eigenvalue weighted by Gasteiger charge is -2.32. The van der Waals surface area contributed by atoms with Gasteiger partial charge in [-0.3, -0.25) is 0 Å². The second-order valence-electron chi connectivity index (χ2n) is 8.88. The van der Waals surface area contributed by atoms with Crippen molar-refractivity contribution in [1.82, 2.24) is 0 Å². The van der Waals surface area contributed by atoms with Crippen LogP contribution in [0.2, 0.25) is 0 Å². The highest BCUT2D eigenvalue weighted by Crippen LogP contribution is 2.40. The molecule has 5 aromatic rings. The zero-order chi connectivity index (χ0) is 22.7. The standard InChI is InChI=1S/C33H28/c1-25-13-15-27(16-14-25)29-19-23-32(24-20-29)33(2,30-11-7-4-8-12-30)31-21-17-28(18-22-31)26-9-5-3-6-10-26/h3-24H,1-2H3. The van der Waals surface area contributed by atoms with Crippen LogP contribution in [0, 0.1) is 6.92 Å². The van der Waals surface area contributed by atoms with Crippen molar-refractivity contribution in [1.29, 1.82) is 0 Å². The Kier molecular flexibility index (Phi) is 5.67. The molecule has 0 amide bonds. The maximum atomic E-state index is 2.33. The monoisotopic (exact) mass is 424 g/mol. The molecule has 1 unspecified atom stereocenters. The smallest absolute Gasteiger partial charge is 0.0423 e. The molecule has 0 spiro atoms. The van der Waals surface area contributed by atoms with Gasteiger partial charge in [-0.2, -0.15) is 0 Å². The van der Waals surface area contributed by atoms with Gasteiger partial charge in [0.05, 0.1) is 0 Å². The van der Waals surface area contributed by atoms with Gasteiger partial charge in [-0.05, 0) is 52.8 Å². The summed E-state index contributed by atoms with van der Waals surface area (Å²) in [6.45, 7) is 4.46. The van der Waals surface area contributed by atoms with Crippen molar-refractivity contribution in [3.8, 4) is 22.3 Å². The predicted molar refractivity (Wildman–Crippen MR) is 140 cm³/mol. The number of hydrogen-bond donors (Lipinski definition) is 0. The van der Waals surface area contributed by atoms with E-state index in [0.29, 0.717) is 0 Å². The Morgan fingerprint density at radius 3 is 1.15 bits per heavy atom. The van der Waals surface area contributed by atoms with E-state index in [1.165, 1.54) is 44.5 Å². The molecule has 5 rings (SSSR count). The summed E-state index contributed by atoms with van der Waals surface area (Å²) in [6, 6.07) is 48.2. The molecule has 0 aromatic heterocycles. The van der Waals surface area contributed by atoms with E-state index >= 15 is 0 Å². The minimum absolute atomic E-state index is 0.248. The predicted octanol–water partition coefficient (Wildman–Crippen LogP) is 8.68. The number of aryl methyl sites for hydroxylation is 1. The molecule has 0 radical (unpaired) electrons. The van der Waals surface area contributed by atoms with E-state index in [1.807, 2.05) is 0 Å². The van der Waals surface area contributed by atoms with Crippen LogP contribution < -0.4 is 0 Å². The average Bonchev–Trinajstić information content (AvgIpc) is 2.90. The summed E-state index contributed by atoms with van der Waals surface area (Å²) in [5, 5.41) is 0.